The molecule has 1 aromatic carbocycles. The van der Waals surface area contributed by atoms with Gasteiger partial charge >= 0.3 is 0 Å². The predicted molar refractivity (Wildman–Crippen MR) is 83.1 cm³/mol. The highest BCUT2D eigenvalue weighted by Crippen LogP contribution is 2.15. The Morgan fingerprint density at radius 3 is 2.80 bits per heavy atom. The normalized spacial score (nSPS) is 19.8. The summed E-state index contributed by atoms with van der Waals surface area (Å²) in [5.74, 6) is 0.184. The SMILES string of the molecule is CN1CCCCC1C(=O)NCCCc1ccc(Cl)cc1. The summed E-state index contributed by atoms with van der Waals surface area (Å²) in [6.45, 7) is 1.77. The number of amides is 1. The van der Waals surface area contributed by atoms with Crippen LogP contribution in [0.2, 0.25) is 5.02 Å². The minimum absolute atomic E-state index is 0.0688. The van der Waals surface area contributed by atoms with Crippen LogP contribution in [0.3, 0.4) is 0 Å². The van der Waals surface area contributed by atoms with E-state index >= 15 is 0 Å². The van der Waals surface area contributed by atoms with Crippen LogP contribution < -0.4 is 5.32 Å². The number of aryl methyl sites for hydroxylation is 1. The second-order valence-electron chi connectivity index (χ2n) is 5.51. The first-order valence-electron chi connectivity index (χ1n) is 7.39. The van der Waals surface area contributed by atoms with Crippen LogP contribution in [0.5, 0.6) is 0 Å². The van der Waals surface area contributed by atoms with Gasteiger partial charge in [0.2, 0.25) is 5.91 Å². The Kier molecular flexibility index (Phi) is 5.86. The zero-order valence-corrected chi connectivity index (χ0v) is 12.8. The summed E-state index contributed by atoms with van der Waals surface area (Å²) in [6, 6.07) is 7.97. The number of rotatable bonds is 5. The zero-order chi connectivity index (χ0) is 14.4. The zero-order valence-electron chi connectivity index (χ0n) is 12.1. The third-order valence-corrected chi connectivity index (χ3v) is 4.18. The van der Waals surface area contributed by atoms with Crippen LogP contribution in [0.4, 0.5) is 0 Å². The van der Waals surface area contributed by atoms with Crippen molar-refractivity contribution >= 4 is 17.5 Å². The maximum Gasteiger partial charge on any atom is 0.237 e. The van der Waals surface area contributed by atoms with Crippen LogP contribution in [0, 0.1) is 0 Å². The van der Waals surface area contributed by atoms with Gasteiger partial charge in [0.25, 0.3) is 0 Å². The van der Waals surface area contributed by atoms with E-state index in [9.17, 15) is 4.79 Å². The first-order chi connectivity index (χ1) is 9.66. The fourth-order valence-corrected chi connectivity index (χ4v) is 2.81. The Hall–Kier alpha value is -1.06. The van der Waals surface area contributed by atoms with Crippen molar-refractivity contribution in [3.05, 3.63) is 34.9 Å². The fourth-order valence-electron chi connectivity index (χ4n) is 2.68. The molecule has 0 saturated carbocycles. The predicted octanol–water partition coefficient (Wildman–Crippen LogP) is 2.87. The van der Waals surface area contributed by atoms with Gasteiger partial charge in [-0.05, 0) is 57.0 Å². The third-order valence-electron chi connectivity index (χ3n) is 3.93. The molecule has 1 N–H and O–H groups in total. The van der Waals surface area contributed by atoms with E-state index in [0.29, 0.717) is 0 Å². The van der Waals surface area contributed by atoms with Gasteiger partial charge in [-0.25, -0.2) is 0 Å². The second kappa shape index (κ2) is 7.65. The molecule has 3 nitrogen and oxygen atoms in total. The van der Waals surface area contributed by atoms with E-state index in [1.165, 1.54) is 12.0 Å². The molecule has 1 amide bonds. The maximum atomic E-state index is 12.1. The quantitative estimate of drug-likeness (QED) is 0.847. The van der Waals surface area contributed by atoms with Gasteiger partial charge in [0.15, 0.2) is 0 Å². The van der Waals surface area contributed by atoms with Gasteiger partial charge in [-0.15, -0.1) is 0 Å². The highest BCUT2D eigenvalue weighted by Gasteiger charge is 2.25. The van der Waals surface area contributed by atoms with Crippen LogP contribution >= 0.6 is 11.6 Å². The molecule has 1 aliphatic heterocycles. The number of carbonyl (C=O) groups excluding carboxylic acids is 1. The van der Waals surface area contributed by atoms with Crippen LogP contribution in [-0.2, 0) is 11.2 Å². The smallest absolute Gasteiger partial charge is 0.237 e. The molecular weight excluding hydrogens is 272 g/mol. The number of carbonyl (C=O) groups is 1. The molecule has 1 heterocycles. The summed E-state index contributed by atoms with van der Waals surface area (Å²) in [5.41, 5.74) is 1.26. The molecule has 1 saturated heterocycles. The Balaban J connectivity index is 1.67. The Morgan fingerprint density at radius 1 is 1.35 bits per heavy atom. The van der Waals surface area contributed by atoms with Crippen molar-refractivity contribution < 1.29 is 4.79 Å². The highest BCUT2D eigenvalue weighted by atomic mass is 35.5. The van der Waals surface area contributed by atoms with Crippen molar-refractivity contribution in [2.75, 3.05) is 20.1 Å². The average molecular weight is 295 g/mol. The van der Waals surface area contributed by atoms with E-state index in [4.69, 9.17) is 11.6 Å². The van der Waals surface area contributed by atoms with Gasteiger partial charge in [0.1, 0.15) is 0 Å². The van der Waals surface area contributed by atoms with Gasteiger partial charge in [-0.3, -0.25) is 9.69 Å². The van der Waals surface area contributed by atoms with Gasteiger partial charge < -0.3 is 5.32 Å². The summed E-state index contributed by atoms with van der Waals surface area (Å²) in [5, 5.41) is 3.82. The molecule has 0 aliphatic carbocycles. The van der Waals surface area contributed by atoms with Crippen LogP contribution in [0.1, 0.15) is 31.2 Å². The van der Waals surface area contributed by atoms with Crippen molar-refractivity contribution in [3.8, 4) is 0 Å². The molecule has 1 atom stereocenters. The molecule has 1 aliphatic rings. The number of hydrogen-bond acceptors (Lipinski definition) is 2. The molecule has 1 unspecified atom stereocenters. The van der Waals surface area contributed by atoms with Gasteiger partial charge in [0, 0.05) is 11.6 Å². The summed E-state index contributed by atoms with van der Waals surface area (Å²) in [4.78, 5) is 14.3. The molecule has 110 valence electrons. The molecule has 0 radical (unpaired) electrons. The minimum atomic E-state index is 0.0688. The topological polar surface area (TPSA) is 32.3 Å². The van der Waals surface area contributed by atoms with Gasteiger partial charge in [-0.1, -0.05) is 30.2 Å². The lowest BCUT2D eigenvalue weighted by atomic mass is 10.0. The number of halogens is 1. The number of nitrogens with one attached hydrogen (secondary N) is 1. The summed E-state index contributed by atoms with van der Waals surface area (Å²) in [7, 11) is 2.04. The molecule has 1 fully saturated rings. The lowest BCUT2D eigenvalue weighted by molar-refractivity contribution is -0.127. The van der Waals surface area contributed by atoms with Crippen LogP contribution in [0.25, 0.3) is 0 Å². The van der Waals surface area contributed by atoms with Crippen molar-refractivity contribution in [2.24, 2.45) is 0 Å². The average Bonchev–Trinajstić information content (AvgIpc) is 2.46. The first kappa shape index (κ1) is 15.3. The molecular formula is C16H23ClN2O. The van der Waals surface area contributed by atoms with Gasteiger partial charge in [0.05, 0.1) is 6.04 Å². The Bertz CT molecular complexity index is 433. The van der Waals surface area contributed by atoms with E-state index in [1.54, 1.807) is 0 Å². The second-order valence-corrected chi connectivity index (χ2v) is 5.95. The van der Waals surface area contributed by atoms with E-state index in [2.05, 4.69) is 10.2 Å². The van der Waals surface area contributed by atoms with E-state index in [1.807, 2.05) is 31.3 Å². The van der Waals surface area contributed by atoms with Crippen molar-refractivity contribution in [1.29, 1.82) is 0 Å². The molecule has 1 aromatic rings. The molecule has 4 heteroatoms. The summed E-state index contributed by atoms with van der Waals surface area (Å²) < 4.78 is 0. The van der Waals surface area contributed by atoms with Crippen molar-refractivity contribution in [3.63, 3.8) is 0 Å². The number of hydrogen-bond donors (Lipinski definition) is 1. The number of likely N-dealkylation sites (tertiary alicyclic amines) is 1. The van der Waals surface area contributed by atoms with E-state index in [-0.39, 0.29) is 11.9 Å². The fraction of sp³-hybridized carbons (Fsp3) is 0.562. The third kappa shape index (κ3) is 4.50. The highest BCUT2D eigenvalue weighted by molar-refractivity contribution is 6.30. The molecule has 2 rings (SSSR count). The molecule has 20 heavy (non-hydrogen) atoms. The number of benzene rings is 1. The monoisotopic (exact) mass is 294 g/mol. The minimum Gasteiger partial charge on any atom is -0.355 e. The van der Waals surface area contributed by atoms with Gasteiger partial charge in [-0.2, -0.15) is 0 Å². The molecule has 0 aromatic heterocycles. The molecule has 0 bridgehead atoms. The Labute approximate surface area is 126 Å². The standard InChI is InChI=1S/C16H23ClN2O/c1-19-12-3-2-6-15(19)16(20)18-11-4-5-13-7-9-14(17)10-8-13/h7-10,15H,2-6,11-12H2,1H3,(H,18,20). The van der Waals surface area contributed by atoms with Crippen molar-refractivity contribution in [1.82, 2.24) is 10.2 Å². The van der Waals surface area contributed by atoms with E-state index < -0.39 is 0 Å². The largest absolute Gasteiger partial charge is 0.355 e. The number of nitrogens with zero attached hydrogens (tertiary/aromatic N) is 1. The maximum absolute atomic E-state index is 12.1. The summed E-state index contributed by atoms with van der Waals surface area (Å²) >= 11 is 5.85. The van der Waals surface area contributed by atoms with Crippen molar-refractivity contribution in [2.45, 2.75) is 38.1 Å². The Morgan fingerprint density at radius 2 is 2.10 bits per heavy atom. The first-order valence-corrected chi connectivity index (χ1v) is 7.77. The van der Waals surface area contributed by atoms with Crippen LogP contribution in [-0.4, -0.2) is 37.0 Å². The number of likely N-dealkylation sites (N-methyl/N-ethyl adjacent to an activating group) is 1. The lowest BCUT2D eigenvalue weighted by Crippen LogP contribution is -2.47. The number of piperidine rings is 1. The summed E-state index contributed by atoms with van der Waals surface area (Å²) in [6.07, 6.45) is 5.28. The van der Waals surface area contributed by atoms with E-state index in [0.717, 1.165) is 43.8 Å². The molecule has 0 spiro atoms. The lowest BCUT2D eigenvalue weighted by Gasteiger charge is -2.31. The van der Waals surface area contributed by atoms with Crippen LogP contribution in [0.15, 0.2) is 24.3 Å².